The van der Waals surface area contributed by atoms with Crippen LogP contribution in [0.25, 0.3) is 0 Å². The summed E-state index contributed by atoms with van der Waals surface area (Å²) in [6.45, 7) is 4.13. The van der Waals surface area contributed by atoms with E-state index in [1.165, 1.54) is 0 Å². The van der Waals surface area contributed by atoms with Crippen molar-refractivity contribution < 1.29 is 19.4 Å². The van der Waals surface area contributed by atoms with Gasteiger partial charge in [0.25, 0.3) is 0 Å². The number of nitrogens with one attached hydrogen (secondary N) is 1. The highest BCUT2D eigenvalue weighted by molar-refractivity contribution is 5.78. The molecule has 5 nitrogen and oxygen atoms in total. The Morgan fingerprint density at radius 1 is 1.19 bits per heavy atom. The van der Waals surface area contributed by atoms with Crippen LogP contribution in [0.5, 0.6) is 5.75 Å². The quantitative estimate of drug-likeness (QED) is 0.733. The van der Waals surface area contributed by atoms with Crippen LogP contribution >= 0.6 is 0 Å². The molecule has 5 heteroatoms. The van der Waals surface area contributed by atoms with E-state index in [0.29, 0.717) is 19.4 Å². The molecule has 0 saturated carbocycles. The fourth-order valence-electron chi connectivity index (χ4n) is 1.80. The number of hydrogen-bond donors (Lipinski definition) is 2. The number of para-hydroxylation sites is 1. The van der Waals surface area contributed by atoms with E-state index in [9.17, 15) is 9.59 Å². The fourth-order valence-corrected chi connectivity index (χ4v) is 1.80. The second kappa shape index (κ2) is 9.00. The van der Waals surface area contributed by atoms with Crippen molar-refractivity contribution in [3.05, 3.63) is 30.3 Å². The molecule has 0 aliphatic carbocycles. The third kappa shape index (κ3) is 7.34. The van der Waals surface area contributed by atoms with Gasteiger partial charge in [0.2, 0.25) is 5.91 Å². The fraction of sp³-hybridized carbons (Fsp3) is 0.500. The summed E-state index contributed by atoms with van der Waals surface area (Å²) in [5.74, 6) is -0.286. The third-order valence-electron chi connectivity index (χ3n) is 3.19. The van der Waals surface area contributed by atoms with Crippen molar-refractivity contribution in [2.24, 2.45) is 5.92 Å². The number of benzene rings is 1. The lowest BCUT2D eigenvalue weighted by molar-refractivity contribution is -0.137. The summed E-state index contributed by atoms with van der Waals surface area (Å²) >= 11 is 0. The summed E-state index contributed by atoms with van der Waals surface area (Å²) in [4.78, 5) is 22.4. The molecular formula is C16H23NO4. The van der Waals surface area contributed by atoms with Gasteiger partial charge in [0.15, 0.2) is 0 Å². The summed E-state index contributed by atoms with van der Waals surface area (Å²) < 4.78 is 5.55. The molecule has 1 amide bonds. The molecule has 0 heterocycles. The maximum Gasteiger partial charge on any atom is 0.303 e. The first-order chi connectivity index (χ1) is 9.99. The van der Waals surface area contributed by atoms with Gasteiger partial charge in [-0.1, -0.05) is 25.1 Å². The zero-order chi connectivity index (χ0) is 15.7. The highest BCUT2D eigenvalue weighted by atomic mass is 16.5. The number of carboxylic acids is 1. The van der Waals surface area contributed by atoms with Gasteiger partial charge in [-0.15, -0.1) is 0 Å². The molecule has 2 N–H and O–H groups in total. The van der Waals surface area contributed by atoms with Crippen LogP contribution in [0.1, 0.15) is 33.1 Å². The molecule has 21 heavy (non-hydrogen) atoms. The van der Waals surface area contributed by atoms with Crippen molar-refractivity contribution >= 4 is 11.9 Å². The van der Waals surface area contributed by atoms with E-state index in [1.54, 1.807) is 0 Å². The summed E-state index contributed by atoms with van der Waals surface area (Å²) in [7, 11) is 0. The number of hydrogen-bond acceptors (Lipinski definition) is 3. The van der Waals surface area contributed by atoms with Crippen LogP contribution in [0, 0.1) is 5.92 Å². The number of ether oxygens (including phenoxy) is 1. The lowest BCUT2D eigenvalue weighted by Gasteiger charge is -2.17. The predicted molar refractivity (Wildman–Crippen MR) is 80.2 cm³/mol. The maximum absolute atomic E-state index is 11.9. The number of carboxylic acid groups (broad SMARTS) is 1. The molecule has 0 radical (unpaired) electrons. The Labute approximate surface area is 125 Å². The highest BCUT2D eigenvalue weighted by Crippen LogP contribution is 2.11. The van der Waals surface area contributed by atoms with E-state index in [0.717, 1.165) is 5.75 Å². The zero-order valence-corrected chi connectivity index (χ0v) is 12.5. The first kappa shape index (κ1) is 17.0. The van der Waals surface area contributed by atoms with E-state index in [4.69, 9.17) is 9.84 Å². The van der Waals surface area contributed by atoms with Gasteiger partial charge in [-0.25, -0.2) is 0 Å². The SMILES string of the molecule is CC(CCC(=O)O)NC(=O)C(C)CCOc1ccccc1. The Balaban J connectivity index is 2.23. The second-order valence-corrected chi connectivity index (χ2v) is 5.19. The zero-order valence-electron chi connectivity index (χ0n) is 12.5. The minimum Gasteiger partial charge on any atom is -0.494 e. The molecule has 0 saturated heterocycles. The van der Waals surface area contributed by atoms with Gasteiger partial charge in [0.1, 0.15) is 5.75 Å². The minimum absolute atomic E-state index is 0.0624. The molecule has 0 spiro atoms. The summed E-state index contributed by atoms with van der Waals surface area (Å²) in [6, 6.07) is 9.33. The molecule has 0 bridgehead atoms. The molecule has 2 atom stereocenters. The summed E-state index contributed by atoms with van der Waals surface area (Å²) in [5, 5.41) is 11.4. The second-order valence-electron chi connectivity index (χ2n) is 5.19. The van der Waals surface area contributed by atoms with E-state index >= 15 is 0 Å². The van der Waals surface area contributed by atoms with Gasteiger partial charge in [0.05, 0.1) is 6.61 Å². The van der Waals surface area contributed by atoms with Crippen molar-refractivity contribution in [1.82, 2.24) is 5.32 Å². The Hall–Kier alpha value is -2.04. The minimum atomic E-state index is -0.847. The van der Waals surface area contributed by atoms with Crippen LogP contribution in [0.3, 0.4) is 0 Å². The van der Waals surface area contributed by atoms with Gasteiger partial charge in [0, 0.05) is 18.4 Å². The van der Waals surface area contributed by atoms with Crippen molar-refractivity contribution in [1.29, 1.82) is 0 Å². The number of carbonyl (C=O) groups excluding carboxylic acids is 1. The first-order valence-electron chi connectivity index (χ1n) is 7.19. The van der Waals surface area contributed by atoms with Gasteiger partial charge in [-0.3, -0.25) is 9.59 Å². The van der Waals surface area contributed by atoms with E-state index < -0.39 is 5.97 Å². The molecule has 1 aromatic carbocycles. The van der Waals surface area contributed by atoms with E-state index in [2.05, 4.69) is 5.32 Å². The van der Waals surface area contributed by atoms with Crippen LogP contribution in [0.4, 0.5) is 0 Å². The predicted octanol–water partition coefficient (Wildman–Crippen LogP) is 2.46. The van der Waals surface area contributed by atoms with Gasteiger partial charge in [-0.2, -0.15) is 0 Å². The monoisotopic (exact) mass is 293 g/mol. The van der Waals surface area contributed by atoms with Gasteiger partial charge in [-0.05, 0) is 31.9 Å². The maximum atomic E-state index is 11.9. The van der Waals surface area contributed by atoms with Crippen molar-refractivity contribution in [2.45, 2.75) is 39.2 Å². The molecule has 2 unspecified atom stereocenters. The Kier molecular flexibility index (Phi) is 7.29. The molecule has 1 aromatic rings. The first-order valence-corrected chi connectivity index (χ1v) is 7.19. The lowest BCUT2D eigenvalue weighted by atomic mass is 10.1. The average molecular weight is 293 g/mol. The van der Waals surface area contributed by atoms with Crippen LogP contribution in [-0.2, 0) is 9.59 Å². The number of rotatable bonds is 9. The lowest BCUT2D eigenvalue weighted by Crippen LogP contribution is -2.37. The van der Waals surface area contributed by atoms with Crippen molar-refractivity contribution in [2.75, 3.05) is 6.61 Å². The van der Waals surface area contributed by atoms with Crippen molar-refractivity contribution in [3.63, 3.8) is 0 Å². The van der Waals surface area contributed by atoms with Crippen LogP contribution in [0.2, 0.25) is 0 Å². The molecule has 116 valence electrons. The van der Waals surface area contributed by atoms with Crippen LogP contribution in [-0.4, -0.2) is 29.6 Å². The normalized spacial score (nSPS) is 13.2. The van der Waals surface area contributed by atoms with E-state index in [-0.39, 0.29) is 24.3 Å². The molecule has 1 rings (SSSR count). The largest absolute Gasteiger partial charge is 0.494 e. The van der Waals surface area contributed by atoms with Crippen LogP contribution < -0.4 is 10.1 Å². The molecule has 0 fully saturated rings. The Bertz CT molecular complexity index is 447. The average Bonchev–Trinajstić information content (AvgIpc) is 2.46. The Morgan fingerprint density at radius 3 is 2.48 bits per heavy atom. The summed E-state index contributed by atoms with van der Waals surface area (Å²) in [5.41, 5.74) is 0. The topological polar surface area (TPSA) is 75.6 Å². The number of amides is 1. The molecular weight excluding hydrogens is 270 g/mol. The molecule has 0 aliphatic heterocycles. The number of carbonyl (C=O) groups is 2. The van der Waals surface area contributed by atoms with Gasteiger partial charge < -0.3 is 15.2 Å². The standard InChI is InChI=1S/C16H23NO4/c1-12(10-11-21-14-6-4-3-5-7-14)16(20)17-13(2)8-9-15(18)19/h3-7,12-13H,8-11H2,1-2H3,(H,17,20)(H,18,19). The Morgan fingerprint density at radius 2 is 1.86 bits per heavy atom. The van der Waals surface area contributed by atoms with Gasteiger partial charge >= 0.3 is 5.97 Å². The van der Waals surface area contributed by atoms with Crippen molar-refractivity contribution in [3.8, 4) is 5.75 Å². The number of aliphatic carboxylic acids is 1. The van der Waals surface area contributed by atoms with Crippen LogP contribution in [0.15, 0.2) is 30.3 Å². The highest BCUT2D eigenvalue weighted by Gasteiger charge is 2.15. The molecule has 0 aromatic heterocycles. The summed E-state index contributed by atoms with van der Waals surface area (Å²) in [6.07, 6.45) is 1.12. The molecule has 0 aliphatic rings. The smallest absolute Gasteiger partial charge is 0.303 e. The van der Waals surface area contributed by atoms with E-state index in [1.807, 2.05) is 44.2 Å². The third-order valence-corrected chi connectivity index (χ3v) is 3.19.